The van der Waals surface area contributed by atoms with Gasteiger partial charge >= 0.3 is 0 Å². The van der Waals surface area contributed by atoms with E-state index in [1.165, 1.54) is 23.1 Å². The number of nitrogens with zero attached hydrogens (tertiary/aromatic N) is 2. The highest BCUT2D eigenvalue weighted by Gasteiger charge is 2.34. The number of rotatable bonds is 10. The largest absolute Gasteiger partial charge is 0.493 e. The molecular weight excluding hydrogens is 472 g/mol. The fraction of sp³-hybridized carbons (Fsp3) is 0.280. The number of amidine groups is 1. The molecule has 0 aliphatic carbocycles. The summed E-state index contributed by atoms with van der Waals surface area (Å²) in [7, 11) is -2.41. The number of carbonyl (C=O) groups excluding carboxylic acids is 1. The van der Waals surface area contributed by atoms with E-state index in [0.29, 0.717) is 23.0 Å². The summed E-state index contributed by atoms with van der Waals surface area (Å²) in [5.74, 6) is 0.843. The van der Waals surface area contributed by atoms with Gasteiger partial charge in [-0.3, -0.25) is 9.69 Å². The molecule has 1 aliphatic rings. The van der Waals surface area contributed by atoms with Crippen molar-refractivity contribution in [3.8, 4) is 11.5 Å². The summed E-state index contributed by atoms with van der Waals surface area (Å²) in [6.07, 6.45) is 5.14. The Morgan fingerprint density at radius 1 is 1.15 bits per heavy atom. The van der Waals surface area contributed by atoms with Crippen LogP contribution in [0, 0.1) is 6.92 Å². The molecule has 9 heteroatoms. The third-order valence-corrected chi connectivity index (χ3v) is 7.36. The molecule has 0 atom stereocenters. The van der Waals surface area contributed by atoms with E-state index in [4.69, 9.17) is 9.47 Å². The van der Waals surface area contributed by atoms with Gasteiger partial charge in [-0.2, -0.15) is 8.42 Å². The second kappa shape index (κ2) is 11.4. The van der Waals surface area contributed by atoms with E-state index in [9.17, 15) is 13.2 Å². The standard InChI is InChI=1S/C25H28N2O5S2/c1-5-7-15-32-22-16-19(10-13-21(22)31-4)17-23-24(28)27(14-6-2)25(33-23)26-34(29,30)20-11-8-18(3)9-12-20/h6,8-13,16-17H,2,5,7,14-15H2,1,3-4H3/b23-17-,26-25?. The number of aryl methyl sites for hydroxylation is 1. The van der Waals surface area contributed by atoms with Crippen molar-refractivity contribution in [3.05, 3.63) is 71.2 Å². The average molecular weight is 501 g/mol. The lowest BCUT2D eigenvalue weighted by Crippen LogP contribution is -2.29. The summed E-state index contributed by atoms with van der Waals surface area (Å²) in [5.41, 5.74) is 1.66. The highest BCUT2D eigenvalue weighted by atomic mass is 32.2. The van der Waals surface area contributed by atoms with Crippen molar-refractivity contribution in [2.75, 3.05) is 20.3 Å². The smallest absolute Gasteiger partial charge is 0.284 e. The molecule has 1 aliphatic heterocycles. The van der Waals surface area contributed by atoms with Gasteiger partial charge in [0.2, 0.25) is 0 Å². The van der Waals surface area contributed by atoms with Crippen LogP contribution in [0.1, 0.15) is 30.9 Å². The maximum absolute atomic E-state index is 13.1. The zero-order valence-corrected chi connectivity index (χ0v) is 21.1. The van der Waals surface area contributed by atoms with Crippen LogP contribution in [-0.4, -0.2) is 44.7 Å². The lowest BCUT2D eigenvalue weighted by Gasteiger charge is -2.12. The Morgan fingerprint density at radius 3 is 2.53 bits per heavy atom. The Balaban J connectivity index is 1.94. The Kier molecular flexibility index (Phi) is 8.57. The molecule has 0 bridgehead atoms. The highest BCUT2D eigenvalue weighted by molar-refractivity contribution is 8.19. The fourth-order valence-corrected chi connectivity index (χ4v) is 5.30. The maximum atomic E-state index is 13.1. The first kappa shape index (κ1) is 25.6. The first-order valence-electron chi connectivity index (χ1n) is 10.8. The first-order valence-corrected chi connectivity index (χ1v) is 13.1. The van der Waals surface area contributed by atoms with Gasteiger partial charge < -0.3 is 9.47 Å². The summed E-state index contributed by atoms with van der Waals surface area (Å²) < 4.78 is 40.9. The molecule has 7 nitrogen and oxygen atoms in total. The number of benzene rings is 2. The second-order valence-electron chi connectivity index (χ2n) is 7.59. The molecule has 2 aromatic rings. The van der Waals surface area contributed by atoms with Crippen LogP contribution in [0.5, 0.6) is 11.5 Å². The van der Waals surface area contributed by atoms with Gasteiger partial charge in [0.25, 0.3) is 15.9 Å². The van der Waals surface area contributed by atoms with E-state index >= 15 is 0 Å². The number of carbonyl (C=O) groups is 1. The molecule has 0 spiro atoms. The number of amides is 1. The summed E-state index contributed by atoms with van der Waals surface area (Å²) in [5, 5.41) is 0.0876. The molecular formula is C25H28N2O5S2. The van der Waals surface area contributed by atoms with Gasteiger partial charge in [0, 0.05) is 6.54 Å². The molecule has 1 heterocycles. The zero-order chi connectivity index (χ0) is 24.7. The molecule has 0 N–H and O–H groups in total. The van der Waals surface area contributed by atoms with Crippen molar-refractivity contribution in [2.45, 2.75) is 31.6 Å². The van der Waals surface area contributed by atoms with Crippen LogP contribution >= 0.6 is 11.8 Å². The zero-order valence-electron chi connectivity index (χ0n) is 19.5. The second-order valence-corrected chi connectivity index (χ2v) is 10.2. The summed E-state index contributed by atoms with van der Waals surface area (Å²) >= 11 is 1.01. The Bertz CT molecular complexity index is 1220. The predicted octanol–water partition coefficient (Wildman–Crippen LogP) is 5.03. The number of hydrogen-bond donors (Lipinski definition) is 0. The van der Waals surface area contributed by atoms with E-state index in [-0.39, 0.29) is 22.5 Å². The minimum Gasteiger partial charge on any atom is -0.493 e. The fourth-order valence-electron chi connectivity index (χ4n) is 3.11. The van der Waals surface area contributed by atoms with Crippen molar-refractivity contribution in [1.82, 2.24) is 4.90 Å². The average Bonchev–Trinajstić information content (AvgIpc) is 3.08. The third-order valence-electron chi connectivity index (χ3n) is 4.96. The van der Waals surface area contributed by atoms with Crippen molar-refractivity contribution < 1.29 is 22.7 Å². The molecule has 34 heavy (non-hydrogen) atoms. The first-order chi connectivity index (χ1) is 16.3. The van der Waals surface area contributed by atoms with E-state index in [0.717, 1.165) is 35.7 Å². The molecule has 0 saturated carbocycles. The van der Waals surface area contributed by atoms with Crippen LogP contribution in [0.2, 0.25) is 0 Å². The van der Waals surface area contributed by atoms with Crippen LogP contribution in [0.4, 0.5) is 0 Å². The number of sulfonamides is 1. The summed E-state index contributed by atoms with van der Waals surface area (Å²) in [6.45, 7) is 8.32. The lowest BCUT2D eigenvalue weighted by molar-refractivity contribution is -0.121. The van der Waals surface area contributed by atoms with Crippen LogP contribution < -0.4 is 9.47 Å². The van der Waals surface area contributed by atoms with Gasteiger partial charge in [0.1, 0.15) is 0 Å². The number of methoxy groups -OCH3 is 1. The number of unbranched alkanes of at least 4 members (excludes halogenated alkanes) is 1. The molecule has 3 rings (SSSR count). The Hall–Kier alpha value is -3.04. The number of thioether (sulfide) groups is 1. The van der Waals surface area contributed by atoms with Crippen molar-refractivity contribution in [2.24, 2.45) is 4.40 Å². The van der Waals surface area contributed by atoms with Crippen LogP contribution in [0.15, 0.2) is 69.3 Å². The van der Waals surface area contributed by atoms with Crippen LogP contribution in [0.3, 0.4) is 0 Å². The molecule has 180 valence electrons. The van der Waals surface area contributed by atoms with Gasteiger partial charge in [-0.05, 0) is 61.0 Å². The molecule has 1 saturated heterocycles. The summed E-state index contributed by atoms with van der Waals surface area (Å²) in [4.78, 5) is 14.8. The Morgan fingerprint density at radius 2 is 1.88 bits per heavy atom. The minimum atomic E-state index is -3.98. The van der Waals surface area contributed by atoms with E-state index in [1.54, 1.807) is 37.5 Å². The van der Waals surface area contributed by atoms with Gasteiger partial charge in [-0.1, -0.05) is 43.2 Å². The van der Waals surface area contributed by atoms with Crippen LogP contribution in [-0.2, 0) is 14.8 Å². The van der Waals surface area contributed by atoms with Gasteiger partial charge in [0.05, 0.1) is 23.5 Å². The maximum Gasteiger partial charge on any atom is 0.284 e. The molecule has 2 aromatic carbocycles. The van der Waals surface area contributed by atoms with Crippen molar-refractivity contribution >= 4 is 38.9 Å². The number of hydrogen-bond acceptors (Lipinski definition) is 6. The molecule has 1 amide bonds. The SMILES string of the molecule is C=CCN1C(=O)/C(=C/c2ccc(OC)c(OCCCC)c2)SC1=NS(=O)(=O)c1ccc(C)cc1. The van der Waals surface area contributed by atoms with Gasteiger partial charge in [-0.25, -0.2) is 0 Å². The normalized spacial score (nSPS) is 16.3. The highest BCUT2D eigenvalue weighted by Crippen LogP contribution is 2.35. The van der Waals surface area contributed by atoms with Gasteiger partial charge in [0.15, 0.2) is 16.7 Å². The van der Waals surface area contributed by atoms with E-state index in [2.05, 4.69) is 17.9 Å². The van der Waals surface area contributed by atoms with E-state index < -0.39 is 10.0 Å². The molecule has 0 unspecified atom stereocenters. The summed E-state index contributed by atoms with van der Waals surface area (Å²) in [6, 6.07) is 11.8. The Labute approximate surface area is 205 Å². The monoisotopic (exact) mass is 500 g/mol. The lowest BCUT2D eigenvalue weighted by atomic mass is 10.2. The molecule has 1 fully saturated rings. The van der Waals surface area contributed by atoms with Gasteiger partial charge in [-0.15, -0.1) is 11.0 Å². The van der Waals surface area contributed by atoms with Crippen molar-refractivity contribution in [3.63, 3.8) is 0 Å². The van der Waals surface area contributed by atoms with Crippen LogP contribution in [0.25, 0.3) is 6.08 Å². The molecule has 0 aromatic heterocycles. The van der Waals surface area contributed by atoms with E-state index in [1.807, 2.05) is 13.0 Å². The van der Waals surface area contributed by atoms with Crippen molar-refractivity contribution in [1.29, 1.82) is 0 Å². The third kappa shape index (κ3) is 6.09. The predicted molar refractivity (Wildman–Crippen MR) is 137 cm³/mol. The topological polar surface area (TPSA) is 85.3 Å². The minimum absolute atomic E-state index is 0.0682. The molecule has 0 radical (unpaired) electrons. The number of ether oxygens (including phenoxy) is 2. The quantitative estimate of drug-likeness (QED) is 0.258.